The number of rotatable bonds is 8. The number of methoxy groups -OCH3 is 1. The van der Waals surface area contributed by atoms with Gasteiger partial charge >= 0.3 is 0 Å². The molecule has 1 aliphatic rings. The average Bonchev–Trinajstić information content (AvgIpc) is 3.48. The lowest BCUT2D eigenvalue weighted by molar-refractivity contribution is -0.129. The first-order valence-corrected chi connectivity index (χ1v) is 10.2. The van der Waals surface area contributed by atoms with Crippen molar-refractivity contribution in [1.29, 1.82) is 0 Å². The third-order valence-corrected chi connectivity index (χ3v) is 5.62. The van der Waals surface area contributed by atoms with E-state index in [-0.39, 0.29) is 5.91 Å². The van der Waals surface area contributed by atoms with Crippen LogP contribution < -0.4 is 4.74 Å². The molecule has 0 N–H and O–H groups in total. The molecule has 6 nitrogen and oxygen atoms in total. The van der Waals surface area contributed by atoms with Crippen LogP contribution in [0.3, 0.4) is 0 Å². The first kappa shape index (κ1) is 18.6. The van der Waals surface area contributed by atoms with Gasteiger partial charge in [0.2, 0.25) is 5.91 Å². The summed E-state index contributed by atoms with van der Waals surface area (Å²) in [5, 5.41) is 8.90. The monoisotopic (exact) mass is 394 g/mol. The van der Waals surface area contributed by atoms with Crippen molar-refractivity contribution in [3.8, 4) is 11.4 Å². The normalized spacial score (nSPS) is 13.3. The number of aromatic nitrogens is 3. The summed E-state index contributed by atoms with van der Waals surface area (Å²) in [6, 6.07) is 18.2. The van der Waals surface area contributed by atoms with Gasteiger partial charge in [0.1, 0.15) is 12.1 Å². The maximum absolute atomic E-state index is 12.9. The Balaban J connectivity index is 1.42. The number of amides is 1. The van der Waals surface area contributed by atoms with Crippen LogP contribution in [0.1, 0.15) is 18.4 Å². The fraction of sp³-hybridized carbons (Fsp3) is 0.286. The van der Waals surface area contributed by atoms with Crippen LogP contribution in [0.5, 0.6) is 5.75 Å². The Kier molecular flexibility index (Phi) is 5.62. The zero-order valence-electron chi connectivity index (χ0n) is 15.7. The largest absolute Gasteiger partial charge is 0.497 e. The molecule has 0 aliphatic heterocycles. The second-order valence-corrected chi connectivity index (χ2v) is 7.65. The summed E-state index contributed by atoms with van der Waals surface area (Å²) in [6.07, 6.45) is 3.84. The maximum atomic E-state index is 12.9. The summed E-state index contributed by atoms with van der Waals surface area (Å²) in [5.74, 6) is 1.28. The van der Waals surface area contributed by atoms with E-state index in [4.69, 9.17) is 4.74 Å². The molecule has 1 amide bonds. The zero-order valence-corrected chi connectivity index (χ0v) is 16.5. The van der Waals surface area contributed by atoms with E-state index in [0.717, 1.165) is 29.8 Å². The second-order valence-electron chi connectivity index (χ2n) is 6.71. The van der Waals surface area contributed by atoms with E-state index in [9.17, 15) is 4.79 Å². The highest BCUT2D eigenvalue weighted by Crippen LogP contribution is 2.30. The fourth-order valence-corrected chi connectivity index (χ4v) is 3.85. The minimum atomic E-state index is 0.139. The van der Waals surface area contributed by atoms with Crippen molar-refractivity contribution in [2.45, 2.75) is 30.6 Å². The van der Waals surface area contributed by atoms with E-state index < -0.39 is 0 Å². The van der Waals surface area contributed by atoms with Gasteiger partial charge < -0.3 is 9.64 Å². The number of hydrogen-bond donors (Lipinski definition) is 0. The van der Waals surface area contributed by atoms with Gasteiger partial charge in [0.15, 0.2) is 5.16 Å². The molecule has 144 valence electrons. The van der Waals surface area contributed by atoms with E-state index in [1.165, 1.54) is 11.8 Å². The first-order valence-electron chi connectivity index (χ1n) is 9.25. The molecule has 28 heavy (non-hydrogen) atoms. The molecule has 0 unspecified atom stereocenters. The lowest BCUT2D eigenvalue weighted by Gasteiger charge is -2.22. The Hall–Kier alpha value is -2.80. The molecule has 0 spiro atoms. The summed E-state index contributed by atoms with van der Waals surface area (Å²) in [6.45, 7) is 0.663. The smallest absolute Gasteiger partial charge is 0.233 e. The minimum absolute atomic E-state index is 0.139. The van der Waals surface area contributed by atoms with Crippen LogP contribution in [-0.2, 0) is 11.3 Å². The number of nitrogens with zero attached hydrogens (tertiary/aromatic N) is 4. The maximum Gasteiger partial charge on any atom is 0.233 e. The first-order chi connectivity index (χ1) is 13.7. The van der Waals surface area contributed by atoms with E-state index >= 15 is 0 Å². The Morgan fingerprint density at radius 3 is 2.61 bits per heavy atom. The van der Waals surface area contributed by atoms with Gasteiger partial charge in [-0.3, -0.25) is 9.36 Å². The van der Waals surface area contributed by atoms with Crippen molar-refractivity contribution in [1.82, 2.24) is 19.7 Å². The Morgan fingerprint density at radius 1 is 1.18 bits per heavy atom. The molecule has 1 saturated carbocycles. The van der Waals surface area contributed by atoms with Gasteiger partial charge in [-0.2, -0.15) is 0 Å². The number of benzene rings is 2. The van der Waals surface area contributed by atoms with Gasteiger partial charge in [0.05, 0.1) is 12.9 Å². The third kappa shape index (κ3) is 4.36. The van der Waals surface area contributed by atoms with Crippen molar-refractivity contribution < 1.29 is 9.53 Å². The number of hydrogen-bond acceptors (Lipinski definition) is 5. The molecule has 1 fully saturated rings. The number of thioether (sulfide) groups is 1. The van der Waals surface area contributed by atoms with Gasteiger partial charge in [-0.15, -0.1) is 10.2 Å². The lowest BCUT2D eigenvalue weighted by atomic mass is 10.2. The Bertz CT molecular complexity index is 923. The van der Waals surface area contributed by atoms with Crippen LogP contribution in [0.15, 0.2) is 66.1 Å². The molecule has 4 rings (SSSR count). The molecular formula is C21H22N4O2S. The topological polar surface area (TPSA) is 60.2 Å². The van der Waals surface area contributed by atoms with Crippen LogP contribution in [0.2, 0.25) is 0 Å². The quantitative estimate of drug-likeness (QED) is 0.547. The van der Waals surface area contributed by atoms with E-state index in [1.807, 2.05) is 51.9 Å². The third-order valence-electron chi connectivity index (χ3n) is 4.70. The van der Waals surface area contributed by atoms with Gasteiger partial charge in [0.25, 0.3) is 0 Å². The molecule has 3 aromatic rings. The number of ether oxygens (including phenoxy) is 1. The summed E-state index contributed by atoms with van der Waals surface area (Å²) < 4.78 is 7.09. The van der Waals surface area contributed by atoms with Gasteiger partial charge in [-0.1, -0.05) is 42.1 Å². The molecule has 0 saturated heterocycles. The molecule has 1 heterocycles. The molecule has 1 aromatic heterocycles. The van der Waals surface area contributed by atoms with Crippen molar-refractivity contribution in [2.75, 3.05) is 12.9 Å². The predicted molar refractivity (Wildman–Crippen MR) is 109 cm³/mol. The fourth-order valence-electron chi connectivity index (χ4n) is 3.04. The van der Waals surface area contributed by atoms with Crippen LogP contribution >= 0.6 is 11.8 Å². The Labute approximate surface area is 168 Å². The van der Waals surface area contributed by atoms with E-state index in [1.54, 1.807) is 13.4 Å². The van der Waals surface area contributed by atoms with Crippen LogP contribution in [0, 0.1) is 0 Å². The highest BCUT2D eigenvalue weighted by atomic mass is 32.2. The summed E-state index contributed by atoms with van der Waals surface area (Å²) >= 11 is 1.42. The molecule has 7 heteroatoms. The second kappa shape index (κ2) is 8.48. The lowest BCUT2D eigenvalue weighted by Crippen LogP contribution is -2.34. The van der Waals surface area contributed by atoms with Crippen molar-refractivity contribution in [3.05, 3.63) is 66.5 Å². The van der Waals surface area contributed by atoms with Crippen LogP contribution in [0.25, 0.3) is 5.69 Å². The molecular weight excluding hydrogens is 372 g/mol. The highest BCUT2D eigenvalue weighted by molar-refractivity contribution is 7.99. The van der Waals surface area contributed by atoms with Gasteiger partial charge in [-0.05, 0) is 42.7 Å². The number of carbonyl (C=O) groups is 1. The van der Waals surface area contributed by atoms with Crippen LogP contribution in [0.4, 0.5) is 0 Å². The standard InChI is InChI=1S/C21H22N4O2S/c1-27-19-11-9-18(10-12-19)25-15-22-23-21(25)28-14-20(26)24(17-7-8-17)13-16-5-3-2-4-6-16/h2-6,9-12,15,17H,7-8,13-14H2,1H3. The minimum Gasteiger partial charge on any atom is -0.497 e. The molecule has 0 radical (unpaired) electrons. The zero-order chi connectivity index (χ0) is 19.3. The Morgan fingerprint density at radius 2 is 1.93 bits per heavy atom. The highest BCUT2D eigenvalue weighted by Gasteiger charge is 2.32. The summed E-state index contributed by atoms with van der Waals surface area (Å²) in [4.78, 5) is 14.9. The molecule has 2 aromatic carbocycles. The van der Waals surface area contributed by atoms with Crippen molar-refractivity contribution in [2.24, 2.45) is 0 Å². The summed E-state index contributed by atoms with van der Waals surface area (Å²) in [7, 11) is 1.64. The average molecular weight is 395 g/mol. The molecule has 1 aliphatic carbocycles. The van der Waals surface area contributed by atoms with Crippen molar-refractivity contribution >= 4 is 17.7 Å². The molecule has 0 atom stereocenters. The van der Waals surface area contributed by atoms with Gasteiger partial charge in [-0.25, -0.2) is 0 Å². The van der Waals surface area contributed by atoms with E-state index in [0.29, 0.717) is 23.5 Å². The van der Waals surface area contributed by atoms with Crippen molar-refractivity contribution in [3.63, 3.8) is 0 Å². The summed E-state index contributed by atoms with van der Waals surface area (Å²) in [5.41, 5.74) is 2.10. The molecule has 0 bridgehead atoms. The van der Waals surface area contributed by atoms with Crippen LogP contribution in [-0.4, -0.2) is 44.5 Å². The SMILES string of the molecule is COc1ccc(-n2cnnc2SCC(=O)N(Cc2ccccc2)C2CC2)cc1. The number of carbonyl (C=O) groups excluding carboxylic acids is 1. The van der Waals surface area contributed by atoms with Gasteiger partial charge in [0, 0.05) is 18.3 Å². The predicted octanol–water partition coefficient (Wildman–Crippen LogP) is 3.56. The van der Waals surface area contributed by atoms with E-state index in [2.05, 4.69) is 22.3 Å².